The van der Waals surface area contributed by atoms with Gasteiger partial charge in [0.2, 0.25) is 0 Å². The quantitative estimate of drug-likeness (QED) is 0.696. The molecule has 0 spiro atoms. The predicted octanol–water partition coefficient (Wildman–Crippen LogP) is 0.503. The van der Waals surface area contributed by atoms with Gasteiger partial charge in [-0.1, -0.05) is 12.1 Å². The molecule has 12 heavy (non-hydrogen) atoms. The molecule has 0 amide bonds. The number of aryl methyl sites for hydroxylation is 1. The van der Waals surface area contributed by atoms with Gasteiger partial charge in [-0.05, 0) is 19.3 Å². The molecule has 4 heteroatoms. The van der Waals surface area contributed by atoms with E-state index in [9.17, 15) is 0 Å². The molecule has 0 atom stereocenters. The third-order valence-corrected chi connectivity index (χ3v) is 2.44. The minimum absolute atomic E-state index is 0.379. The fourth-order valence-corrected chi connectivity index (χ4v) is 1.50. The highest BCUT2D eigenvalue weighted by atomic mass is 15.4. The van der Waals surface area contributed by atoms with E-state index in [1.165, 1.54) is 0 Å². The van der Waals surface area contributed by atoms with Crippen LogP contribution in [-0.2, 0) is 6.42 Å². The molecule has 4 nitrogen and oxygen atoms in total. The SMILES string of the molecule is CCc1cn(C2CC(N)C2)nn1. The van der Waals surface area contributed by atoms with Crippen LogP contribution in [0.25, 0.3) is 0 Å². The molecule has 0 bridgehead atoms. The van der Waals surface area contributed by atoms with E-state index in [1.54, 1.807) is 0 Å². The summed E-state index contributed by atoms with van der Waals surface area (Å²) in [6, 6.07) is 0.886. The smallest absolute Gasteiger partial charge is 0.0824 e. The van der Waals surface area contributed by atoms with Crippen LogP contribution in [0.4, 0.5) is 0 Å². The Morgan fingerprint density at radius 3 is 2.92 bits per heavy atom. The van der Waals surface area contributed by atoms with E-state index in [-0.39, 0.29) is 0 Å². The summed E-state index contributed by atoms with van der Waals surface area (Å²) in [6.07, 6.45) is 5.08. The first kappa shape index (κ1) is 7.73. The molecule has 1 aromatic heterocycles. The molecule has 1 aromatic rings. The number of aromatic nitrogens is 3. The maximum atomic E-state index is 5.68. The van der Waals surface area contributed by atoms with Crippen LogP contribution in [0, 0.1) is 0 Å². The van der Waals surface area contributed by atoms with Crippen LogP contribution < -0.4 is 5.73 Å². The normalized spacial score (nSPS) is 28.5. The lowest BCUT2D eigenvalue weighted by Crippen LogP contribution is -2.37. The summed E-state index contributed by atoms with van der Waals surface area (Å²) in [7, 11) is 0. The van der Waals surface area contributed by atoms with E-state index in [0.29, 0.717) is 12.1 Å². The van der Waals surface area contributed by atoms with Gasteiger partial charge in [0.1, 0.15) is 0 Å². The van der Waals surface area contributed by atoms with Crippen LogP contribution >= 0.6 is 0 Å². The summed E-state index contributed by atoms with van der Waals surface area (Å²) >= 11 is 0. The van der Waals surface area contributed by atoms with E-state index >= 15 is 0 Å². The Labute approximate surface area is 71.8 Å². The molecule has 1 heterocycles. The van der Waals surface area contributed by atoms with Gasteiger partial charge in [0.05, 0.1) is 11.7 Å². The maximum Gasteiger partial charge on any atom is 0.0824 e. The zero-order valence-electron chi connectivity index (χ0n) is 7.27. The molecule has 1 aliphatic rings. The fourth-order valence-electron chi connectivity index (χ4n) is 1.50. The van der Waals surface area contributed by atoms with Gasteiger partial charge in [0.15, 0.2) is 0 Å². The van der Waals surface area contributed by atoms with Crippen molar-refractivity contribution in [3.8, 4) is 0 Å². The topological polar surface area (TPSA) is 56.7 Å². The van der Waals surface area contributed by atoms with E-state index < -0.39 is 0 Å². The van der Waals surface area contributed by atoms with Gasteiger partial charge < -0.3 is 5.73 Å². The standard InChI is InChI=1S/C8H14N4/c1-2-7-5-12(11-10-7)8-3-6(9)4-8/h5-6,8H,2-4,9H2,1H3. The number of rotatable bonds is 2. The van der Waals surface area contributed by atoms with Gasteiger partial charge >= 0.3 is 0 Å². The van der Waals surface area contributed by atoms with Crippen LogP contribution in [0.2, 0.25) is 0 Å². The van der Waals surface area contributed by atoms with E-state index in [1.807, 2.05) is 10.9 Å². The monoisotopic (exact) mass is 166 g/mol. The lowest BCUT2D eigenvalue weighted by molar-refractivity contribution is 0.243. The Bertz CT molecular complexity index is 262. The van der Waals surface area contributed by atoms with Crippen LogP contribution in [0.15, 0.2) is 6.20 Å². The summed E-state index contributed by atoms with van der Waals surface area (Å²) in [6.45, 7) is 2.08. The second kappa shape index (κ2) is 2.86. The minimum Gasteiger partial charge on any atom is -0.328 e. The highest BCUT2D eigenvalue weighted by Crippen LogP contribution is 2.29. The molecule has 1 aliphatic carbocycles. The Morgan fingerprint density at radius 1 is 1.67 bits per heavy atom. The van der Waals surface area contributed by atoms with Gasteiger partial charge in [-0.3, -0.25) is 0 Å². The third-order valence-electron chi connectivity index (χ3n) is 2.44. The largest absolute Gasteiger partial charge is 0.328 e. The second-order valence-corrected chi connectivity index (χ2v) is 3.43. The molecule has 0 saturated heterocycles. The molecule has 0 aromatic carbocycles. The molecular weight excluding hydrogens is 152 g/mol. The Balaban J connectivity index is 2.04. The first-order chi connectivity index (χ1) is 5.79. The van der Waals surface area contributed by atoms with Crippen molar-refractivity contribution in [1.29, 1.82) is 0 Å². The lowest BCUT2D eigenvalue weighted by Gasteiger charge is -2.31. The molecule has 0 unspecified atom stereocenters. The summed E-state index contributed by atoms with van der Waals surface area (Å²) in [5.41, 5.74) is 6.75. The number of nitrogens with two attached hydrogens (primary N) is 1. The van der Waals surface area contributed by atoms with Crippen molar-refractivity contribution in [2.24, 2.45) is 5.73 Å². The number of nitrogens with zero attached hydrogens (tertiary/aromatic N) is 3. The second-order valence-electron chi connectivity index (χ2n) is 3.43. The van der Waals surface area contributed by atoms with Gasteiger partial charge in [-0.25, -0.2) is 4.68 Å². The van der Waals surface area contributed by atoms with Gasteiger partial charge in [-0.15, -0.1) is 5.10 Å². The third kappa shape index (κ3) is 1.22. The number of hydrogen-bond acceptors (Lipinski definition) is 3. The van der Waals surface area contributed by atoms with Crippen LogP contribution in [-0.4, -0.2) is 21.0 Å². The first-order valence-electron chi connectivity index (χ1n) is 4.46. The molecule has 66 valence electrons. The average Bonchev–Trinajstić information content (AvgIpc) is 2.46. The summed E-state index contributed by atoms with van der Waals surface area (Å²) in [5.74, 6) is 0. The molecule has 0 radical (unpaired) electrons. The highest BCUT2D eigenvalue weighted by molar-refractivity contribution is 4.95. The summed E-state index contributed by atoms with van der Waals surface area (Å²) in [4.78, 5) is 0. The van der Waals surface area contributed by atoms with E-state index in [4.69, 9.17) is 5.73 Å². The van der Waals surface area contributed by atoms with Crippen LogP contribution in [0.5, 0.6) is 0 Å². The van der Waals surface area contributed by atoms with E-state index in [0.717, 1.165) is 25.0 Å². The van der Waals surface area contributed by atoms with Crippen molar-refractivity contribution >= 4 is 0 Å². The molecule has 2 N–H and O–H groups in total. The molecule has 2 rings (SSSR count). The van der Waals surface area contributed by atoms with Crippen LogP contribution in [0.3, 0.4) is 0 Å². The average molecular weight is 166 g/mol. The zero-order valence-corrected chi connectivity index (χ0v) is 7.27. The summed E-state index contributed by atoms with van der Waals surface area (Å²) < 4.78 is 1.95. The van der Waals surface area contributed by atoms with Crippen molar-refractivity contribution in [3.63, 3.8) is 0 Å². The van der Waals surface area contributed by atoms with Crippen molar-refractivity contribution in [2.75, 3.05) is 0 Å². The fraction of sp³-hybridized carbons (Fsp3) is 0.750. The van der Waals surface area contributed by atoms with Crippen molar-refractivity contribution in [1.82, 2.24) is 15.0 Å². The van der Waals surface area contributed by atoms with Gasteiger partial charge in [0, 0.05) is 12.2 Å². The van der Waals surface area contributed by atoms with Gasteiger partial charge in [-0.2, -0.15) is 0 Å². The Hall–Kier alpha value is -0.900. The van der Waals surface area contributed by atoms with Crippen molar-refractivity contribution in [3.05, 3.63) is 11.9 Å². The van der Waals surface area contributed by atoms with Crippen LogP contribution in [0.1, 0.15) is 31.5 Å². The minimum atomic E-state index is 0.379. The first-order valence-corrected chi connectivity index (χ1v) is 4.46. The van der Waals surface area contributed by atoms with Crippen molar-refractivity contribution < 1.29 is 0 Å². The van der Waals surface area contributed by atoms with Gasteiger partial charge in [0.25, 0.3) is 0 Å². The number of hydrogen-bond donors (Lipinski definition) is 1. The lowest BCUT2D eigenvalue weighted by atomic mass is 9.88. The predicted molar refractivity (Wildman–Crippen MR) is 45.6 cm³/mol. The molecule has 1 fully saturated rings. The highest BCUT2D eigenvalue weighted by Gasteiger charge is 2.28. The van der Waals surface area contributed by atoms with Crippen molar-refractivity contribution in [2.45, 2.75) is 38.3 Å². The van der Waals surface area contributed by atoms with E-state index in [2.05, 4.69) is 17.2 Å². The molecule has 1 saturated carbocycles. The zero-order chi connectivity index (χ0) is 8.55. The molecule has 0 aliphatic heterocycles. The Kier molecular flexibility index (Phi) is 1.84. The maximum absolute atomic E-state index is 5.68. The summed E-state index contributed by atoms with van der Waals surface area (Å²) in [5, 5.41) is 8.09. The molecular formula is C8H14N4. The Morgan fingerprint density at radius 2 is 2.42 bits per heavy atom.